The molecule has 1 aromatic rings. The Labute approximate surface area is 126 Å². The van der Waals surface area contributed by atoms with Gasteiger partial charge in [-0.1, -0.05) is 19.9 Å². The SMILES string of the molecule is CC(C)NCc1cccnc1N1CCCC2C(=O)NCC21. The minimum atomic E-state index is 0.131. The normalized spacial score (nSPS) is 25.1. The third-order valence-electron chi connectivity index (χ3n) is 4.44. The quantitative estimate of drug-likeness (QED) is 0.877. The lowest BCUT2D eigenvalue weighted by atomic mass is 9.91. The minimum absolute atomic E-state index is 0.131. The molecule has 0 aromatic carbocycles. The van der Waals surface area contributed by atoms with E-state index in [-0.39, 0.29) is 17.9 Å². The first kappa shape index (κ1) is 14.3. The van der Waals surface area contributed by atoms with Gasteiger partial charge in [0.1, 0.15) is 5.82 Å². The number of hydrogen-bond donors (Lipinski definition) is 2. The highest BCUT2D eigenvalue weighted by Crippen LogP contribution is 2.32. The summed E-state index contributed by atoms with van der Waals surface area (Å²) in [4.78, 5) is 18.9. The molecule has 2 aliphatic heterocycles. The molecule has 5 heteroatoms. The molecule has 3 rings (SSSR count). The Morgan fingerprint density at radius 2 is 2.38 bits per heavy atom. The van der Waals surface area contributed by atoms with Gasteiger partial charge in [-0.2, -0.15) is 0 Å². The summed E-state index contributed by atoms with van der Waals surface area (Å²) in [5, 5.41) is 6.47. The molecule has 1 amide bonds. The van der Waals surface area contributed by atoms with Gasteiger partial charge < -0.3 is 15.5 Å². The first-order chi connectivity index (χ1) is 10.2. The van der Waals surface area contributed by atoms with Gasteiger partial charge in [-0.25, -0.2) is 4.98 Å². The molecular weight excluding hydrogens is 264 g/mol. The van der Waals surface area contributed by atoms with Crippen LogP contribution in [-0.2, 0) is 11.3 Å². The van der Waals surface area contributed by atoms with Crippen LogP contribution in [0.1, 0.15) is 32.3 Å². The number of nitrogens with zero attached hydrogens (tertiary/aromatic N) is 2. The van der Waals surface area contributed by atoms with Crippen LogP contribution >= 0.6 is 0 Å². The molecule has 0 aliphatic carbocycles. The second kappa shape index (κ2) is 6.02. The number of piperidine rings is 1. The Kier molecular flexibility index (Phi) is 4.10. The number of carbonyl (C=O) groups is 1. The average Bonchev–Trinajstić information content (AvgIpc) is 2.87. The maximum atomic E-state index is 11.9. The third kappa shape index (κ3) is 2.88. The Hall–Kier alpha value is -1.62. The Balaban J connectivity index is 1.84. The Bertz CT molecular complexity index is 517. The van der Waals surface area contributed by atoms with Crippen molar-refractivity contribution >= 4 is 11.7 Å². The van der Waals surface area contributed by atoms with Crippen LogP contribution in [0.15, 0.2) is 18.3 Å². The van der Waals surface area contributed by atoms with Gasteiger partial charge in [0.25, 0.3) is 0 Å². The van der Waals surface area contributed by atoms with Crippen molar-refractivity contribution in [1.29, 1.82) is 0 Å². The van der Waals surface area contributed by atoms with Crippen molar-refractivity contribution in [3.63, 3.8) is 0 Å². The van der Waals surface area contributed by atoms with E-state index < -0.39 is 0 Å². The number of aromatic nitrogens is 1. The van der Waals surface area contributed by atoms with Crippen molar-refractivity contribution in [3.05, 3.63) is 23.9 Å². The number of anilines is 1. The molecule has 2 fully saturated rings. The number of carbonyl (C=O) groups excluding carboxylic acids is 1. The maximum absolute atomic E-state index is 11.9. The van der Waals surface area contributed by atoms with Gasteiger partial charge in [-0.05, 0) is 18.9 Å². The van der Waals surface area contributed by atoms with Gasteiger partial charge in [-0.15, -0.1) is 0 Å². The van der Waals surface area contributed by atoms with Crippen molar-refractivity contribution in [3.8, 4) is 0 Å². The Morgan fingerprint density at radius 1 is 1.52 bits per heavy atom. The summed E-state index contributed by atoms with van der Waals surface area (Å²) in [5.41, 5.74) is 1.21. The molecule has 0 bridgehead atoms. The average molecular weight is 288 g/mol. The summed E-state index contributed by atoms with van der Waals surface area (Å²) < 4.78 is 0. The highest BCUT2D eigenvalue weighted by atomic mass is 16.2. The first-order valence-electron chi connectivity index (χ1n) is 7.88. The fraction of sp³-hybridized carbons (Fsp3) is 0.625. The van der Waals surface area contributed by atoms with Crippen LogP contribution < -0.4 is 15.5 Å². The summed E-state index contributed by atoms with van der Waals surface area (Å²) in [7, 11) is 0. The van der Waals surface area contributed by atoms with Gasteiger partial charge in [0, 0.05) is 37.4 Å². The van der Waals surface area contributed by atoms with E-state index in [9.17, 15) is 4.79 Å². The van der Waals surface area contributed by atoms with Crippen LogP contribution in [0.5, 0.6) is 0 Å². The highest BCUT2D eigenvalue weighted by molar-refractivity contribution is 5.83. The molecule has 114 valence electrons. The molecule has 0 spiro atoms. The topological polar surface area (TPSA) is 57.3 Å². The highest BCUT2D eigenvalue weighted by Gasteiger charge is 2.41. The van der Waals surface area contributed by atoms with Crippen LogP contribution in [0.25, 0.3) is 0 Å². The second-order valence-electron chi connectivity index (χ2n) is 6.28. The van der Waals surface area contributed by atoms with Crippen molar-refractivity contribution < 1.29 is 4.79 Å². The van der Waals surface area contributed by atoms with Crippen LogP contribution in [0, 0.1) is 5.92 Å². The lowest BCUT2D eigenvalue weighted by molar-refractivity contribution is -0.122. The third-order valence-corrected chi connectivity index (χ3v) is 4.44. The zero-order chi connectivity index (χ0) is 14.8. The van der Waals surface area contributed by atoms with E-state index in [2.05, 4.69) is 40.4 Å². The second-order valence-corrected chi connectivity index (χ2v) is 6.28. The van der Waals surface area contributed by atoms with E-state index in [1.165, 1.54) is 5.56 Å². The molecule has 3 heterocycles. The number of fused-ring (bicyclic) bond motifs is 1. The molecular formula is C16H24N4O. The molecule has 2 unspecified atom stereocenters. The number of hydrogen-bond acceptors (Lipinski definition) is 4. The number of pyridine rings is 1. The Morgan fingerprint density at radius 3 is 3.19 bits per heavy atom. The largest absolute Gasteiger partial charge is 0.354 e. The summed E-state index contributed by atoms with van der Waals surface area (Å²) >= 11 is 0. The van der Waals surface area contributed by atoms with Gasteiger partial charge in [0.05, 0.1) is 12.0 Å². The van der Waals surface area contributed by atoms with E-state index in [4.69, 9.17) is 0 Å². The van der Waals surface area contributed by atoms with Gasteiger partial charge >= 0.3 is 0 Å². The summed E-state index contributed by atoms with van der Waals surface area (Å²) in [6, 6.07) is 4.83. The number of amides is 1. The maximum Gasteiger partial charge on any atom is 0.225 e. The van der Waals surface area contributed by atoms with Gasteiger partial charge in [-0.3, -0.25) is 4.79 Å². The van der Waals surface area contributed by atoms with Crippen LogP contribution in [0.4, 0.5) is 5.82 Å². The van der Waals surface area contributed by atoms with Crippen molar-refractivity contribution in [2.75, 3.05) is 18.0 Å². The zero-order valence-electron chi connectivity index (χ0n) is 12.8. The standard InChI is InChI=1S/C16H24N4O/c1-11(2)18-9-12-5-3-7-17-15(12)20-8-4-6-13-14(20)10-19-16(13)21/h3,5,7,11,13-14,18H,4,6,8-10H2,1-2H3,(H,19,21). The molecule has 0 radical (unpaired) electrons. The van der Waals surface area contributed by atoms with Crippen LogP contribution in [0.2, 0.25) is 0 Å². The smallest absolute Gasteiger partial charge is 0.225 e. The van der Waals surface area contributed by atoms with E-state index >= 15 is 0 Å². The van der Waals surface area contributed by atoms with Crippen LogP contribution in [-0.4, -0.2) is 36.1 Å². The minimum Gasteiger partial charge on any atom is -0.354 e. The first-order valence-corrected chi connectivity index (χ1v) is 7.88. The molecule has 2 aliphatic rings. The molecule has 21 heavy (non-hydrogen) atoms. The van der Waals surface area contributed by atoms with Gasteiger partial charge in [0.2, 0.25) is 5.91 Å². The lowest BCUT2D eigenvalue weighted by Gasteiger charge is -2.37. The van der Waals surface area contributed by atoms with E-state index in [1.807, 2.05) is 12.3 Å². The summed E-state index contributed by atoms with van der Waals surface area (Å²) in [6.07, 6.45) is 3.91. The molecule has 5 nitrogen and oxygen atoms in total. The van der Waals surface area contributed by atoms with E-state index in [1.54, 1.807) is 0 Å². The molecule has 1 aromatic heterocycles. The zero-order valence-corrected chi connectivity index (χ0v) is 12.8. The molecule has 2 atom stereocenters. The monoisotopic (exact) mass is 288 g/mol. The lowest BCUT2D eigenvalue weighted by Crippen LogP contribution is -2.46. The van der Waals surface area contributed by atoms with E-state index in [0.717, 1.165) is 38.3 Å². The number of nitrogens with one attached hydrogen (secondary N) is 2. The predicted octanol–water partition coefficient (Wildman–Crippen LogP) is 1.29. The van der Waals surface area contributed by atoms with Crippen molar-refractivity contribution in [2.24, 2.45) is 5.92 Å². The fourth-order valence-electron chi connectivity index (χ4n) is 3.36. The van der Waals surface area contributed by atoms with Crippen LogP contribution in [0.3, 0.4) is 0 Å². The van der Waals surface area contributed by atoms with Crippen molar-refractivity contribution in [2.45, 2.75) is 45.3 Å². The predicted molar refractivity (Wildman–Crippen MR) is 83.1 cm³/mol. The van der Waals surface area contributed by atoms with Crippen molar-refractivity contribution in [1.82, 2.24) is 15.6 Å². The molecule has 0 saturated carbocycles. The molecule has 2 N–H and O–H groups in total. The van der Waals surface area contributed by atoms with Gasteiger partial charge in [0.15, 0.2) is 0 Å². The summed E-state index contributed by atoms with van der Waals surface area (Å²) in [6.45, 7) is 6.84. The molecule has 2 saturated heterocycles. The fourth-order valence-corrected chi connectivity index (χ4v) is 3.36. The number of rotatable bonds is 4. The summed E-state index contributed by atoms with van der Waals surface area (Å²) in [5.74, 6) is 1.38. The van der Waals surface area contributed by atoms with E-state index in [0.29, 0.717) is 6.04 Å².